The normalized spacial score (nSPS) is 16.1. The van der Waals surface area contributed by atoms with Crippen LogP contribution in [0.4, 0.5) is 0 Å². The van der Waals surface area contributed by atoms with Crippen LogP contribution in [0, 0.1) is 0 Å². The molecule has 0 spiro atoms. The van der Waals surface area contributed by atoms with Crippen LogP contribution < -0.4 is 5.32 Å². The lowest BCUT2D eigenvalue weighted by molar-refractivity contribution is -0.128. The van der Waals surface area contributed by atoms with E-state index in [1.807, 2.05) is 17.0 Å². The Morgan fingerprint density at radius 3 is 2.94 bits per heavy atom. The number of rotatable bonds is 5. The lowest BCUT2D eigenvalue weighted by atomic mass is 10.4. The molecule has 2 heterocycles. The summed E-state index contributed by atoms with van der Waals surface area (Å²) in [7, 11) is 0. The maximum atomic E-state index is 11.4. The van der Waals surface area contributed by atoms with Crippen molar-refractivity contribution in [3.8, 4) is 0 Å². The van der Waals surface area contributed by atoms with E-state index in [1.54, 1.807) is 0 Å². The summed E-state index contributed by atoms with van der Waals surface area (Å²) in [5, 5.41) is 3.21. The summed E-state index contributed by atoms with van der Waals surface area (Å²) in [6, 6.07) is 3.93. The molecular formula is C12H18N2O2. The van der Waals surface area contributed by atoms with Crippen LogP contribution in [0.25, 0.3) is 0 Å². The van der Waals surface area contributed by atoms with Gasteiger partial charge in [0.15, 0.2) is 0 Å². The van der Waals surface area contributed by atoms with Crippen LogP contribution in [0.15, 0.2) is 16.5 Å². The third-order valence-electron chi connectivity index (χ3n) is 2.78. The van der Waals surface area contributed by atoms with Crippen LogP contribution in [-0.4, -0.2) is 23.9 Å². The van der Waals surface area contributed by atoms with Gasteiger partial charge in [0, 0.05) is 13.0 Å². The summed E-state index contributed by atoms with van der Waals surface area (Å²) in [6.07, 6.45) is 1.66. The molecule has 1 saturated heterocycles. The van der Waals surface area contributed by atoms with Gasteiger partial charge in [0.2, 0.25) is 5.91 Å². The molecule has 16 heavy (non-hydrogen) atoms. The highest BCUT2D eigenvalue weighted by Gasteiger charge is 2.21. The molecule has 0 aliphatic carbocycles. The predicted molar refractivity (Wildman–Crippen MR) is 60.7 cm³/mol. The number of hydrogen-bond acceptors (Lipinski definition) is 3. The summed E-state index contributed by atoms with van der Waals surface area (Å²) in [4.78, 5) is 13.3. The molecule has 4 nitrogen and oxygen atoms in total. The zero-order valence-corrected chi connectivity index (χ0v) is 9.66. The Bertz CT molecular complexity index is 360. The molecule has 0 bridgehead atoms. The Kier molecular flexibility index (Phi) is 3.62. The minimum Gasteiger partial charge on any atom is -0.463 e. The molecule has 4 heteroatoms. The second kappa shape index (κ2) is 5.16. The quantitative estimate of drug-likeness (QED) is 0.821. The van der Waals surface area contributed by atoms with Crippen LogP contribution in [0.1, 0.15) is 31.3 Å². The molecule has 0 unspecified atom stereocenters. The average Bonchev–Trinajstić information content (AvgIpc) is 2.87. The van der Waals surface area contributed by atoms with E-state index in [1.165, 1.54) is 0 Å². The Morgan fingerprint density at radius 2 is 2.25 bits per heavy atom. The number of hydrogen-bond donors (Lipinski definition) is 1. The molecule has 1 aromatic heterocycles. The van der Waals surface area contributed by atoms with Gasteiger partial charge in [0.1, 0.15) is 11.5 Å². The molecule has 0 radical (unpaired) electrons. The van der Waals surface area contributed by atoms with Gasteiger partial charge in [-0.1, -0.05) is 6.92 Å². The summed E-state index contributed by atoms with van der Waals surface area (Å²) in [6.45, 7) is 5.23. The van der Waals surface area contributed by atoms with Crippen molar-refractivity contribution in [2.75, 3.05) is 13.1 Å². The number of nitrogens with zero attached hydrogens (tertiary/aromatic N) is 1. The maximum absolute atomic E-state index is 11.4. The number of nitrogens with one attached hydrogen (secondary N) is 1. The van der Waals surface area contributed by atoms with Crippen LogP contribution >= 0.6 is 0 Å². The van der Waals surface area contributed by atoms with Crippen molar-refractivity contribution in [2.45, 2.75) is 32.9 Å². The van der Waals surface area contributed by atoms with Gasteiger partial charge in [-0.3, -0.25) is 4.79 Å². The molecule has 2 rings (SSSR count). The SMILES string of the molecule is CCNCc1ccc(CN2CCCC2=O)o1. The zero-order chi connectivity index (χ0) is 11.4. The average molecular weight is 222 g/mol. The molecule has 88 valence electrons. The minimum absolute atomic E-state index is 0.240. The summed E-state index contributed by atoms with van der Waals surface area (Å²) in [5.41, 5.74) is 0. The van der Waals surface area contributed by atoms with Crippen molar-refractivity contribution >= 4 is 5.91 Å². The van der Waals surface area contributed by atoms with Crippen LogP contribution in [0.3, 0.4) is 0 Å². The highest BCUT2D eigenvalue weighted by Crippen LogP contribution is 2.16. The molecular weight excluding hydrogens is 204 g/mol. The maximum Gasteiger partial charge on any atom is 0.223 e. The van der Waals surface area contributed by atoms with Crippen LogP contribution in [0.2, 0.25) is 0 Å². The Hall–Kier alpha value is -1.29. The van der Waals surface area contributed by atoms with E-state index in [2.05, 4.69) is 12.2 Å². The van der Waals surface area contributed by atoms with E-state index in [9.17, 15) is 4.79 Å². The fourth-order valence-corrected chi connectivity index (χ4v) is 1.91. The lowest BCUT2D eigenvalue weighted by Crippen LogP contribution is -2.23. The van der Waals surface area contributed by atoms with Crippen molar-refractivity contribution in [2.24, 2.45) is 0 Å². The van der Waals surface area contributed by atoms with Gasteiger partial charge in [-0.05, 0) is 25.1 Å². The Morgan fingerprint density at radius 1 is 1.44 bits per heavy atom. The number of furan rings is 1. The third-order valence-corrected chi connectivity index (χ3v) is 2.78. The minimum atomic E-state index is 0.240. The zero-order valence-electron chi connectivity index (χ0n) is 9.66. The van der Waals surface area contributed by atoms with E-state index in [0.717, 1.165) is 37.6 Å². The van der Waals surface area contributed by atoms with Crippen LogP contribution in [0.5, 0.6) is 0 Å². The first-order valence-corrected chi connectivity index (χ1v) is 5.85. The Labute approximate surface area is 95.6 Å². The van der Waals surface area contributed by atoms with E-state index >= 15 is 0 Å². The van der Waals surface area contributed by atoms with Gasteiger partial charge in [0.05, 0.1) is 13.1 Å². The summed E-state index contributed by atoms with van der Waals surface area (Å²) >= 11 is 0. The van der Waals surface area contributed by atoms with E-state index in [4.69, 9.17) is 4.42 Å². The van der Waals surface area contributed by atoms with Crippen molar-refractivity contribution in [3.05, 3.63) is 23.7 Å². The summed E-state index contributed by atoms with van der Waals surface area (Å²) < 4.78 is 5.64. The van der Waals surface area contributed by atoms with Crippen molar-refractivity contribution in [3.63, 3.8) is 0 Å². The van der Waals surface area contributed by atoms with Gasteiger partial charge >= 0.3 is 0 Å². The molecule has 1 N–H and O–H groups in total. The molecule has 0 saturated carbocycles. The molecule has 0 atom stereocenters. The molecule has 1 aliphatic rings. The number of likely N-dealkylation sites (tertiary alicyclic amines) is 1. The molecule has 1 amide bonds. The second-order valence-electron chi connectivity index (χ2n) is 4.07. The topological polar surface area (TPSA) is 45.5 Å². The van der Waals surface area contributed by atoms with Crippen molar-refractivity contribution in [1.82, 2.24) is 10.2 Å². The monoisotopic (exact) mass is 222 g/mol. The van der Waals surface area contributed by atoms with Gasteiger partial charge in [-0.25, -0.2) is 0 Å². The number of carbonyl (C=O) groups excluding carboxylic acids is 1. The first-order valence-electron chi connectivity index (χ1n) is 5.85. The molecule has 1 aliphatic heterocycles. The highest BCUT2D eigenvalue weighted by molar-refractivity contribution is 5.77. The lowest BCUT2D eigenvalue weighted by Gasteiger charge is -2.12. The number of amides is 1. The molecule has 1 fully saturated rings. The van der Waals surface area contributed by atoms with Gasteiger partial charge in [-0.2, -0.15) is 0 Å². The first-order chi connectivity index (χ1) is 7.79. The third kappa shape index (κ3) is 2.64. The first kappa shape index (κ1) is 11.2. The van der Waals surface area contributed by atoms with Gasteiger partial charge in [0.25, 0.3) is 0 Å². The predicted octanol–water partition coefficient (Wildman–Crippen LogP) is 1.51. The Balaban J connectivity index is 1.89. The standard InChI is InChI=1S/C12H18N2O2/c1-2-13-8-10-5-6-11(16-10)9-14-7-3-4-12(14)15/h5-6,13H,2-4,7-9H2,1H3. The molecule has 1 aromatic rings. The second-order valence-corrected chi connectivity index (χ2v) is 4.07. The van der Waals surface area contributed by atoms with Gasteiger partial charge < -0.3 is 14.6 Å². The fraction of sp³-hybridized carbons (Fsp3) is 0.583. The van der Waals surface area contributed by atoms with Crippen molar-refractivity contribution in [1.29, 1.82) is 0 Å². The van der Waals surface area contributed by atoms with Crippen LogP contribution in [-0.2, 0) is 17.9 Å². The van der Waals surface area contributed by atoms with E-state index in [0.29, 0.717) is 13.0 Å². The van der Waals surface area contributed by atoms with E-state index < -0.39 is 0 Å². The largest absolute Gasteiger partial charge is 0.463 e. The summed E-state index contributed by atoms with van der Waals surface area (Å²) in [5.74, 6) is 2.05. The van der Waals surface area contributed by atoms with Gasteiger partial charge in [-0.15, -0.1) is 0 Å². The smallest absolute Gasteiger partial charge is 0.223 e. The van der Waals surface area contributed by atoms with E-state index in [-0.39, 0.29) is 5.91 Å². The highest BCUT2D eigenvalue weighted by atomic mass is 16.3. The number of carbonyl (C=O) groups is 1. The fourth-order valence-electron chi connectivity index (χ4n) is 1.91. The van der Waals surface area contributed by atoms with Crippen molar-refractivity contribution < 1.29 is 9.21 Å². The molecule has 0 aromatic carbocycles.